The van der Waals surface area contributed by atoms with E-state index in [2.05, 4.69) is 5.32 Å². The lowest BCUT2D eigenvalue weighted by molar-refractivity contribution is -0.124. The fourth-order valence-corrected chi connectivity index (χ4v) is 1.20. The number of hydrogen-bond acceptors (Lipinski definition) is 4. The molecule has 0 saturated heterocycles. The van der Waals surface area contributed by atoms with Crippen LogP contribution in [-0.4, -0.2) is 46.6 Å². The molecule has 0 atom stereocenters. The summed E-state index contributed by atoms with van der Waals surface area (Å²) in [5.41, 5.74) is -0.906. The number of unbranched alkanes of at least 4 members (excludes halogenated alkanes) is 1. The smallest absolute Gasteiger partial charge is 0.220 e. The van der Waals surface area contributed by atoms with Gasteiger partial charge in [-0.05, 0) is 19.3 Å². The SMILES string of the molecule is CCC(CO)(CO)NC(=O)CCCCO. The first-order valence-corrected chi connectivity index (χ1v) is 5.27. The molecule has 0 bridgehead atoms. The van der Waals surface area contributed by atoms with Crippen LogP contribution in [0.4, 0.5) is 0 Å². The van der Waals surface area contributed by atoms with Crippen LogP contribution in [0.25, 0.3) is 0 Å². The number of carbonyl (C=O) groups is 1. The highest BCUT2D eigenvalue weighted by Gasteiger charge is 2.27. The Labute approximate surface area is 90.1 Å². The van der Waals surface area contributed by atoms with Gasteiger partial charge in [-0.15, -0.1) is 0 Å². The van der Waals surface area contributed by atoms with E-state index in [9.17, 15) is 4.79 Å². The molecule has 5 heteroatoms. The standard InChI is InChI=1S/C10H21NO4/c1-2-10(7-13,8-14)11-9(15)5-3-4-6-12/h12-14H,2-8H2,1H3,(H,11,15). The Morgan fingerprint density at radius 3 is 2.20 bits per heavy atom. The highest BCUT2D eigenvalue weighted by Crippen LogP contribution is 2.09. The van der Waals surface area contributed by atoms with E-state index >= 15 is 0 Å². The average molecular weight is 219 g/mol. The molecule has 5 nitrogen and oxygen atoms in total. The van der Waals surface area contributed by atoms with Gasteiger partial charge in [0.1, 0.15) is 0 Å². The maximum absolute atomic E-state index is 11.4. The summed E-state index contributed by atoms with van der Waals surface area (Å²) in [6.07, 6.45) is 1.98. The zero-order valence-electron chi connectivity index (χ0n) is 9.20. The van der Waals surface area contributed by atoms with E-state index in [1.54, 1.807) is 6.92 Å². The second-order valence-electron chi connectivity index (χ2n) is 3.68. The maximum atomic E-state index is 11.4. The molecule has 0 aromatic rings. The van der Waals surface area contributed by atoms with Crippen molar-refractivity contribution >= 4 is 5.91 Å². The van der Waals surface area contributed by atoms with Crippen LogP contribution < -0.4 is 5.32 Å². The molecule has 0 spiro atoms. The van der Waals surface area contributed by atoms with E-state index in [4.69, 9.17) is 15.3 Å². The molecule has 0 fully saturated rings. The van der Waals surface area contributed by atoms with Crippen molar-refractivity contribution in [3.05, 3.63) is 0 Å². The monoisotopic (exact) mass is 219 g/mol. The van der Waals surface area contributed by atoms with Crippen LogP contribution >= 0.6 is 0 Å². The number of aliphatic hydroxyl groups is 3. The molecular formula is C10H21NO4. The van der Waals surface area contributed by atoms with Crippen molar-refractivity contribution in [1.82, 2.24) is 5.32 Å². The Morgan fingerprint density at radius 1 is 1.20 bits per heavy atom. The Balaban J connectivity index is 4.00. The molecule has 0 aromatic heterocycles. The van der Waals surface area contributed by atoms with Gasteiger partial charge in [-0.3, -0.25) is 4.79 Å². The van der Waals surface area contributed by atoms with E-state index in [0.29, 0.717) is 25.7 Å². The van der Waals surface area contributed by atoms with Gasteiger partial charge < -0.3 is 20.6 Å². The molecule has 0 saturated carbocycles. The summed E-state index contributed by atoms with van der Waals surface area (Å²) < 4.78 is 0. The molecule has 0 aromatic carbocycles. The lowest BCUT2D eigenvalue weighted by atomic mass is 9.98. The highest BCUT2D eigenvalue weighted by molar-refractivity contribution is 5.76. The third kappa shape index (κ3) is 5.11. The van der Waals surface area contributed by atoms with Gasteiger partial charge in [0.05, 0.1) is 18.8 Å². The van der Waals surface area contributed by atoms with Crippen LogP contribution in [-0.2, 0) is 4.79 Å². The molecule has 0 unspecified atom stereocenters. The molecule has 4 N–H and O–H groups in total. The maximum Gasteiger partial charge on any atom is 0.220 e. The summed E-state index contributed by atoms with van der Waals surface area (Å²) in [6.45, 7) is 1.32. The minimum Gasteiger partial charge on any atom is -0.396 e. The van der Waals surface area contributed by atoms with Gasteiger partial charge in [-0.25, -0.2) is 0 Å². The van der Waals surface area contributed by atoms with Crippen molar-refractivity contribution in [2.75, 3.05) is 19.8 Å². The predicted molar refractivity (Wildman–Crippen MR) is 56.3 cm³/mol. The summed E-state index contributed by atoms with van der Waals surface area (Å²) >= 11 is 0. The van der Waals surface area contributed by atoms with Crippen molar-refractivity contribution in [2.45, 2.75) is 38.1 Å². The van der Waals surface area contributed by atoms with E-state index < -0.39 is 5.54 Å². The lowest BCUT2D eigenvalue weighted by Crippen LogP contribution is -2.53. The minimum atomic E-state index is -0.906. The van der Waals surface area contributed by atoms with E-state index in [0.717, 1.165) is 0 Å². The number of carbonyl (C=O) groups excluding carboxylic acids is 1. The van der Waals surface area contributed by atoms with Gasteiger partial charge in [0.2, 0.25) is 5.91 Å². The molecule has 90 valence electrons. The Kier molecular flexibility index (Phi) is 7.29. The zero-order chi connectivity index (χ0) is 11.7. The van der Waals surface area contributed by atoms with Crippen molar-refractivity contribution in [3.8, 4) is 0 Å². The molecule has 0 aliphatic heterocycles. The number of hydrogen-bond donors (Lipinski definition) is 4. The number of aliphatic hydroxyl groups excluding tert-OH is 3. The van der Waals surface area contributed by atoms with E-state index in [1.807, 2.05) is 0 Å². The molecule has 1 amide bonds. The van der Waals surface area contributed by atoms with Crippen molar-refractivity contribution in [3.63, 3.8) is 0 Å². The van der Waals surface area contributed by atoms with Crippen LogP contribution in [0.5, 0.6) is 0 Å². The summed E-state index contributed by atoms with van der Waals surface area (Å²) in [5, 5.41) is 29.3. The van der Waals surface area contributed by atoms with Crippen LogP contribution in [0, 0.1) is 0 Å². The molecular weight excluding hydrogens is 198 g/mol. The molecule has 0 aliphatic rings. The van der Waals surface area contributed by atoms with E-state index in [1.165, 1.54) is 0 Å². The molecule has 0 heterocycles. The molecule has 0 rings (SSSR count). The van der Waals surface area contributed by atoms with Gasteiger partial charge in [0.15, 0.2) is 0 Å². The average Bonchev–Trinajstić information content (AvgIpc) is 2.26. The Morgan fingerprint density at radius 2 is 1.80 bits per heavy atom. The van der Waals surface area contributed by atoms with Crippen LogP contribution in [0.2, 0.25) is 0 Å². The van der Waals surface area contributed by atoms with Gasteiger partial charge in [-0.2, -0.15) is 0 Å². The van der Waals surface area contributed by atoms with Gasteiger partial charge in [0, 0.05) is 13.0 Å². The predicted octanol–water partition coefficient (Wildman–Crippen LogP) is -0.601. The summed E-state index contributed by atoms with van der Waals surface area (Å²) in [7, 11) is 0. The van der Waals surface area contributed by atoms with Crippen molar-refractivity contribution in [1.29, 1.82) is 0 Å². The zero-order valence-corrected chi connectivity index (χ0v) is 9.20. The van der Waals surface area contributed by atoms with Crippen LogP contribution in [0.3, 0.4) is 0 Å². The first kappa shape index (κ1) is 14.3. The van der Waals surface area contributed by atoms with Crippen molar-refractivity contribution in [2.24, 2.45) is 0 Å². The highest BCUT2D eigenvalue weighted by atomic mass is 16.3. The fraction of sp³-hybridized carbons (Fsp3) is 0.900. The lowest BCUT2D eigenvalue weighted by Gasteiger charge is -2.29. The second kappa shape index (κ2) is 7.62. The molecule has 15 heavy (non-hydrogen) atoms. The van der Waals surface area contributed by atoms with Crippen molar-refractivity contribution < 1.29 is 20.1 Å². The minimum absolute atomic E-state index is 0.0756. The largest absolute Gasteiger partial charge is 0.396 e. The van der Waals surface area contributed by atoms with Gasteiger partial charge in [0.25, 0.3) is 0 Å². The number of nitrogens with one attached hydrogen (secondary N) is 1. The van der Waals surface area contributed by atoms with Crippen LogP contribution in [0.1, 0.15) is 32.6 Å². The molecule has 0 aliphatic carbocycles. The van der Waals surface area contributed by atoms with E-state index in [-0.39, 0.29) is 25.7 Å². The third-order valence-electron chi connectivity index (χ3n) is 2.50. The van der Waals surface area contributed by atoms with Gasteiger partial charge >= 0.3 is 0 Å². The normalized spacial score (nSPS) is 11.5. The second-order valence-corrected chi connectivity index (χ2v) is 3.68. The quantitative estimate of drug-likeness (QED) is 0.410. The number of rotatable bonds is 8. The first-order valence-electron chi connectivity index (χ1n) is 5.27. The first-order chi connectivity index (χ1) is 7.14. The fourth-order valence-electron chi connectivity index (χ4n) is 1.20. The Hall–Kier alpha value is -0.650. The third-order valence-corrected chi connectivity index (χ3v) is 2.50. The van der Waals surface area contributed by atoms with Gasteiger partial charge in [-0.1, -0.05) is 6.92 Å². The summed E-state index contributed by atoms with van der Waals surface area (Å²) in [5.74, 6) is -0.201. The van der Waals surface area contributed by atoms with Crippen LogP contribution in [0.15, 0.2) is 0 Å². The topological polar surface area (TPSA) is 89.8 Å². The molecule has 0 radical (unpaired) electrons. The summed E-state index contributed by atoms with van der Waals surface area (Å²) in [6, 6.07) is 0. The number of amides is 1. The Bertz CT molecular complexity index is 172. The summed E-state index contributed by atoms with van der Waals surface area (Å²) in [4.78, 5) is 11.4.